The number of hydrogen-bond donors (Lipinski definition) is 1. The predicted molar refractivity (Wildman–Crippen MR) is 81.0 cm³/mol. The van der Waals surface area contributed by atoms with Crippen LogP contribution in [-0.4, -0.2) is 14.8 Å². The third kappa shape index (κ3) is 2.08. The minimum Gasteiger partial charge on any atom is -0.380 e. The number of rotatable bonds is 1. The molecule has 0 atom stereocenters. The van der Waals surface area contributed by atoms with Crippen LogP contribution in [0.25, 0.3) is 16.7 Å². The van der Waals surface area contributed by atoms with E-state index in [9.17, 15) is 0 Å². The third-order valence-corrected chi connectivity index (χ3v) is 3.71. The van der Waals surface area contributed by atoms with Crippen molar-refractivity contribution in [2.75, 3.05) is 5.73 Å². The lowest BCUT2D eigenvalue weighted by atomic mass is 10.3. The smallest absolute Gasteiger partial charge is 0.172 e. The van der Waals surface area contributed by atoms with Gasteiger partial charge in [0.05, 0.1) is 15.6 Å². The van der Waals surface area contributed by atoms with E-state index in [1.54, 1.807) is 29.1 Å². The van der Waals surface area contributed by atoms with Crippen molar-refractivity contribution < 1.29 is 0 Å². The highest BCUT2D eigenvalue weighted by Gasteiger charge is 2.15. The summed E-state index contributed by atoms with van der Waals surface area (Å²) in [6, 6.07) is 7.14. The van der Waals surface area contributed by atoms with Crippen molar-refractivity contribution in [3.05, 3.63) is 45.0 Å². The van der Waals surface area contributed by atoms with Crippen LogP contribution in [-0.2, 0) is 0 Å². The summed E-state index contributed by atoms with van der Waals surface area (Å²) in [6.45, 7) is 0. The van der Waals surface area contributed by atoms with Crippen molar-refractivity contribution in [2.24, 2.45) is 0 Å². The second kappa shape index (κ2) is 4.67. The zero-order valence-corrected chi connectivity index (χ0v) is 12.5. The molecule has 7 heteroatoms. The topological polar surface area (TPSA) is 56.7 Å². The third-order valence-electron chi connectivity index (χ3n) is 2.66. The van der Waals surface area contributed by atoms with Gasteiger partial charge in [0.2, 0.25) is 0 Å². The van der Waals surface area contributed by atoms with E-state index < -0.39 is 0 Å². The monoisotopic (exact) mass is 356 g/mol. The molecule has 0 amide bonds. The molecule has 2 N–H and O–H groups in total. The number of anilines is 1. The zero-order chi connectivity index (χ0) is 13.6. The minimum absolute atomic E-state index is 0.332. The second-order valence-electron chi connectivity index (χ2n) is 3.89. The molecule has 2 heterocycles. The van der Waals surface area contributed by atoms with Crippen LogP contribution in [0.4, 0.5) is 5.82 Å². The standard InChI is InChI=1S/C12H7BrCl2N4/c13-6-4-9-10(17-5-6)12(16)18-19(9)11-7(14)2-1-3-8(11)15/h1-5H,(H2,16,18). The van der Waals surface area contributed by atoms with Crippen LogP contribution >= 0.6 is 39.1 Å². The highest BCUT2D eigenvalue weighted by Crippen LogP contribution is 2.32. The van der Waals surface area contributed by atoms with Gasteiger partial charge in [0.25, 0.3) is 0 Å². The van der Waals surface area contributed by atoms with Crippen molar-refractivity contribution in [3.63, 3.8) is 0 Å². The molecule has 0 aliphatic heterocycles. The Labute approximate surface area is 127 Å². The van der Waals surface area contributed by atoms with Gasteiger partial charge in [-0.25, -0.2) is 9.67 Å². The number of benzene rings is 1. The van der Waals surface area contributed by atoms with Gasteiger partial charge >= 0.3 is 0 Å². The van der Waals surface area contributed by atoms with Gasteiger partial charge in [-0.3, -0.25) is 0 Å². The predicted octanol–water partition coefficient (Wildman–Crippen LogP) is 4.07. The van der Waals surface area contributed by atoms with E-state index in [4.69, 9.17) is 28.9 Å². The summed E-state index contributed by atoms with van der Waals surface area (Å²) in [4.78, 5) is 4.24. The number of aromatic nitrogens is 3. The molecule has 0 saturated heterocycles. The molecule has 2 aromatic heterocycles. The SMILES string of the molecule is Nc1nn(-c2c(Cl)cccc2Cl)c2cc(Br)cnc12. The second-order valence-corrected chi connectivity index (χ2v) is 5.62. The van der Waals surface area contributed by atoms with Crippen LogP contribution in [0.15, 0.2) is 34.9 Å². The molecular weight excluding hydrogens is 351 g/mol. The fourth-order valence-electron chi connectivity index (χ4n) is 1.86. The number of nitrogen functional groups attached to an aromatic ring is 1. The van der Waals surface area contributed by atoms with Crippen molar-refractivity contribution in [3.8, 4) is 5.69 Å². The van der Waals surface area contributed by atoms with Crippen LogP contribution in [0.5, 0.6) is 0 Å². The van der Waals surface area contributed by atoms with E-state index in [-0.39, 0.29) is 0 Å². The average molecular weight is 358 g/mol. The Bertz CT molecular complexity index is 764. The Morgan fingerprint density at radius 2 is 1.89 bits per heavy atom. The Morgan fingerprint density at radius 3 is 2.58 bits per heavy atom. The number of hydrogen-bond acceptors (Lipinski definition) is 3. The van der Waals surface area contributed by atoms with Crippen molar-refractivity contribution in [2.45, 2.75) is 0 Å². The van der Waals surface area contributed by atoms with E-state index in [2.05, 4.69) is 26.0 Å². The van der Waals surface area contributed by atoms with Crippen LogP contribution in [0, 0.1) is 0 Å². The number of fused-ring (bicyclic) bond motifs is 1. The van der Waals surface area contributed by atoms with E-state index in [1.165, 1.54) is 0 Å². The van der Waals surface area contributed by atoms with Gasteiger partial charge in [-0.15, -0.1) is 5.10 Å². The Balaban J connectivity index is 2.40. The average Bonchev–Trinajstić information content (AvgIpc) is 2.66. The van der Waals surface area contributed by atoms with Gasteiger partial charge in [0.15, 0.2) is 5.82 Å². The lowest BCUT2D eigenvalue weighted by molar-refractivity contribution is 0.917. The first kappa shape index (κ1) is 12.7. The Morgan fingerprint density at radius 1 is 1.21 bits per heavy atom. The van der Waals surface area contributed by atoms with E-state index in [0.29, 0.717) is 27.1 Å². The van der Waals surface area contributed by atoms with Crippen LogP contribution in [0.2, 0.25) is 10.0 Å². The number of nitrogens with zero attached hydrogens (tertiary/aromatic N) is 3. The molecule has 0 aliphatic carbocycles. The molecule has 3 aromatic rings. The molecule has 0 fully saturated rings. The minimum atomic E-state index is 0.332. The maximum atomic E-state index is 6.20. The van der Waals surface area contributed by atoms with Crippen LogP contribution in [0.3, 0.4) is 0 Å². The first-order chi connectivity index (χ1) is 9.08. The Hall–Kier alpha value is -1.30. The fourth-order valence-corrected chi connectivity index (χ4v) is 2.73. The molecule has 0 unspecified atom stereocenters. The Kier molecular flexibility index (Phi) is 3.12. The highest BCUT2D eigenvalue weighted by molar-refractivity contribution is 9.10. The van der Waals surface area contributed by atoms with E-state index in [1.807, 2.05) is 6.07 Å². The first-order valence-corrected chi connectivity index (χ1v) is 6.87. The molecular formula is C12H7BrCl2N4. The van der Waals surface area contributed by atoms with E-state index >= 15 is 0 Å². The quantitative estimate of drug-likeness (QED) is 0.714. The maximum Gasteiger partial charge on any atom is 0.172 e. The number of nitrogens with two attached hydrogens (primary N) is 1. The summed E-state index contributed by atoms with van der Waals surface area (Å²) in [5, 5.41) is 5.26. The number of pyridine rings is 1. The molecule has 0 saturated carbocycles. The zero-order valence-electron chi connectivity index (χ0n) is 9.44. The summed E-state index contributed by atoms with van der Waals surface area (Å²) < 4.78 is 2.43. The van der Waals surface area contributed by atoms with Crippen molar-refractivity contribution >= 4 is 56.0 Å². The molecule has 1 aromatic carbocycles. The summed E-state index contributed by atoms with van der Waals surface area (Å²) in [6.07, 6.45) is 1.67. The van der Waals surface area contributed by atoms with Gasteiger partial charge in [-0.1, -0.05) is 29.3 Å². The first-order valence-electron chi connectivity index (χ1n) is 5.32. The lowest BCUT2D eigenvalue weighted by Gasteiger charge is -2.07. The summed E-state index contributed by atoms with van der Waals surface area (Å²) in [5.41, 5.74) is 7.81. The molecule has 4 nitrogen and oxygen atoms in total. The largest absolute Gasteiger partial charge is 0.380 e. The molecule has 0 bridgehead atoms. The molecule has 0 radical (unpaired) electrons. The lowest BCUT2D eigenvalue weighted by Crippen LogP contribution is -1.99. The highest BCUT2D eigenvalue weighted by atomic mass is 79.9. The maximum absolute atomic E-state index is 6.20. The number of para-hydroxylation sites is 1. The normalized spacial score (nSPS) is 11.1. The van der Waals surface area contributed by atoms with Crippen LogP contribution in [0.1, 0.15) is 0 Å². The number of halogens is 3. The summed E-state index contributed by atoms with van der Waals surface area (Å²) in [7, 11) is 0. The van der Waals surface area contributed by atoms with Crippen molar-refractivity contribution in [1.29, 1.82) is 0 Å². The molecule has 19 heavy (non-hydrogen) atoms. The molecule has 3 rings (SSSR count). The fraction of sp³-hybridized carbons (Fsp3) is 0. The van der Waals surface area contributed by atoms with E-state index in [0.717, 1.165) is 9.99 Å². The van der Waals surface area contributed by atoms with Crippen LogP contribution < -0.4 is 5.73 Å². The molecule has 0 spiro atoms. The summed E-state index contributed by atoms with van der Waals surface area (Å²) in [5.74, 6) is 0.332. The molecule has 96 valence electrons. The summed E-state index contributed by atoms with van der Waals surface area (Å²) >= 11 is 15.8. The van der Waals surface area contributed by atoms with Gasteiger partial charge in [-0.05, 0) is 34.1 Å². The van der Waals surface area contributed by atoms with Gasteiger partial charge in [-0.2, -0.15) is 0 Å². The molecule has 0 aliphatic rings. The van der Waals surface area contributed by atoms with Crippen molar-refractivity contribution in [1.82, 2.24) is 14.8 Å². The van der Waals surface area contributed by atoms with Gasteiger partial charge in [0.1, 0.15) is 11.2 Å². The van der Waals surface area contributed by atoms with Gasteiger partial charge < -0.3 is 5.73 Å². The van der Waals surface area contributed by atoms with Gasteiger partial charge in [0, 0.05) is 10.7 Å².